The topological polar surface area (TPSA) is 104 Å². The van der Waals surface area contributed by atoms with Crippen molar-refractivity contribution in [1.82, 2.24) is 9.38 Å². The van der Waals surface area contributed by atoms with Gasteiger partial charge in [0.05, 0.1) is 33.8 Å². The molecule has 0 aliphatic carbocycles. The minimum absolute atomic E-state index is 0.0330. The summed E-state index contributed by atoms with van der Waals surface area (Å²) in [7, 11) is -3.18. The Labute approximate surface area is 200 Å². The number of nitrogens with two attached hydrogens (primary N) is 1. The van der Waals surface area contributed by atoms with Crippen molar-refractivity contribution in [2.75, 3.05) is 6.26 Å². The van der Waals surface area contributed by atoms with Gasteiger partial charge in [-0.25, -0.2) is 13.4 Å². The van der Waals surface area contributed by atoms with Crippen LogP contribution in [0.15, 0.2) is 54.9 Å². The number of carbonyl (C=O) groups is 1. The SMILES string of the molecule is C[C@@H](Oc1cc(-c2cnc3ccc(CS(C)(=O)=O)cn23)sc1CC(N)=O)c1ccccc1Cl. The van der Waals surface area contributed by atoms with E-state index in [1.165, 1.54) is 17.6 Å². The standard InChI is InChI=1S/C23H22ClN3O4S2/c1-14(16-5-3-4-6-17(16)24)31-19-9-20(32-21(19)10-22(25)28)18-11-26-23-8-7-15(12-27(18)23)13-33(2,29)30/h3-9,11-12,14H,10,13H2,1-2H3,(H2,25,28)/t14-/m1/s1. The Balaban J connectivity index is 1.73. The fourth-order valence-corrected chi connectivity index (χ4v) is 5.75. The molecule has 10 heteroatoms. The number of amides is 1. The molecule has 33 heavy (non-hydrogen) atoms. The van der Waals surface area contributed by atoms with Gasteiger partial charge in [0, 0.05) is 29.1 Å². The summed E-state index contributed by atoms with van der Waals surface area (Å²) in [6.07, 6.45) is 4.35. The Bertz CT molecular complexity index is 1440. The van der Waals surface area contributed by atoms with Crippen molar-refractivity contribution in [3.63, 3.8) is 0 Å². The van der Waals surface area contributed by atoms with Gasteiger partial charge in [0.15, 0.2) is 9.84 Å². The molecule has 0 aliphatic heterocycles. The van der Waals surface area contributed by atoms with Gasteiger partial charge in [-0.15, -0.1) is 11.3 Å². The van der Waals surface area contributed by atoms with Crippen molar-refractivity contribution in [3.8, 4) is 16.3 Å². The van der Waals surface area contributed by atoms with Gasteiger partial charge in [0.25, 0.3) is 0 Å². The lowest BCUT2D eigenvalue weighted by Crippen LogP contribution is -2.13. The van der Waals surface area contributed by atoms with Crippen LogP contribution in [0.25, 0.3) is 16.2 Å². The Morgan fingerprint density at radius 2 is 2.03 bits per heavy atom. The van der Waals surface area contributed by atoms with Crippen LogP contribution in [-0.2, 0) is 26.8 Å². The van der Waals surface area contributed by atoms with Crippen molar-refractivity contribution in [3.05, 3.63) is 75.9 Å². The predicted octanol–water partition coefficient (Wildman–Crippen LogP) is 4.43. The molecule has 172 valence electrons. The number of imidazole rings is 1. The monoisotopic (exact) mass is 503 g/mol. The minimum Gasteiger partial charge on any atom is -0.485 e. The van der Waals surface area contributed by atoms with Gasteiger partial charge in [0.1, 0.15) is 17.5 Å². The van der Waals surface area contributed by atoms with Crippen molar-refractivity contribution in [2.45, 2.75) is 25.2 Å². The van der Waals surface area contributed by atoms with Crippen LogP contribution in [0.2, 0.25) is 5.02 Å². The first kappa shape index (κ1) is 23.3. The maximum Gasteiger partial charge on any atom is 0.222 e. The number of benzene rings is 1. The maximum atomic E-state index is 11.7. The zero-order valence-corrected chi connectivity index (χ0v) is 20.4. The van der Waals surface area contributed by atoms with E-state index in [1.54, 1.807) is 30.6 Å². The van der Waals surface area contributed by atoms with Crippen LogP contribution in [0.5, 0.6) is 5.75 Å². The van der Waals surface area contributed by atoms with E-state index in [1.807, 2.05) is 35.6 Å². The number of carbonyl (C=O) groups excluding carboxylic acids is 1. The summed E-state index contributed by atoms with van der Waals surface area (Å²) in [5.41, 5.74) is 8.40. The van der Waals surface area contributed by atoms with Crippen LogP contribution in [0, 0.1) is 0 Å². The molecule has 0 unspecified atom stereocenters. The number of sulfone groups is 1. The normalized spacial score (nSPS) is 12.7. The molecule has 0 radical (unpaired) electrons. The number of thiophene rings is 1. The average Bonchev–Trinajstić information content (AvgIpc) is 3.30. The molecule has 0 saturated heterocycles. The van der Waals surface area contributed by atoms with Crippen molar-refractivity contribution in [2.24, 2.45) is 5.73 Å². The molecule has 0 saturated carbocycles. The highest BCUT2D eigenvalue weighted by Crippen LogP contribution is 2.39. The zero-order valence-electron chi connectivity index (χ0n) is 18.0. The second-order valence-corrected chi connectivity index (χ2v) is 11.5. The van der Waals surface area contributed by atoms with Gasteiger partial charge in [0.2, 0.25) is 5.91 Å². The molecule has 0 bridgehead atoms. The Kier molecular flexibility index (Phi) is 6.47. The zero-order chi connectivity index (χ0) is 23.8. The molecule has 3 aromatic heterocycles. The van der Waals surface area contributed by atoms with Gasteiger partial charge in [-0.05, 0) is 24.6 Å². The minimum atomic E-state index is -3.18. The molecule has 7 nitrogen and oxygen atoms in total. The summed E-state index contributed by atoms with van der Waals surface area (Å²) >= 11 is 7.70. The predicted molar refractivity (Wildman–Crippen MR) is 130 cm³/mol. The summed E-state index contributed by atoms with van der Waals surface area (Å²) in [4.78, 5) is 17.6. The lowest BCUT2D eigenvalue weighted by molar-refractivity contribution is -0.117. The molecular formula is C23H22ClN3O4S2. The number of hydrogen-bond acceptors (Lipinski definition) is 6. The van der Waals surface area contributed by atoms with Crippen LogP contribution in [-0.4, -0.2) is 30.0 Å². The van der Waals surface area contributed by atoms with Crippen LogP contribution < -0.4 is 10.5 Å². The molecule has 0 aliphatic rings. The highest BCUT2D eigenvalue weighted by Gasteiger charge is 2.20. The first-order valence-corrected chi connectivity index (χ1v) is 13.3. The van der Waals surface area contributed by atoms with Crippen molar-refractivity contribution in [1.29, 1.82) is 0 Å². The van der Waals surface area contributed by atoms with Gasteiger partial charge >= 0.3 is 0 Å². The molecule has 1 aromatic carbocycles. The Morgan fingerprint density at radius 1 is 1.27 bits per heavy atom. The molecule has 1 amide bonds. The van der Waals surface area contributed by atoms with E-state index in [2.05, 4.69) is 4.98 Å². The third-order valence-electron chi connectivity index (χ3n) is 5.00. The highest BCUT2D eigenvalue weighted by atomic mass is 35.5. The van der Waals surface area contributed by atoms with E-state index in [0.29, 0.717) is 26.9 Å². The van der Waals surface area contributed by atoms with Crippen LogP contribution in [0.3, 0.4) is 0 Å². The van der Waals surface area contributed by atoms with Gasteiger partial charge in [-0.2, -0.15) is 0 Å². The van der Waals surface area contributed by atoms with E-state index in [4.69, 9.17) is 22.1 Å². The Hall–Kier alpha value is -2.88. The van der Waals surface area contributed by atoms with Gasteiger partial charge in [-0.3, -0.25) is 9.20 Å². The fraction of sp³-hybridized carbons (Fsp3) is 0.217. The molecule has 4 aromatic rings. The molecule has 0 fully saturated rings. The van der Waals surface area contributed by atoms with Crippen molar-refractivity contribution < 1.29 is 17.9 Å². The summed E-state index contributed by atoms with van der Waals surface area (Å²) < 4.78 is 31.5. The number of aromatic nitrogens is 2. The third-order valence-corrected chi connectivity index (χ3v) is 7.34. The second-order valence-electron chi connectivity index (χ2n) is 7.80. The maximum absolute atomic E-state index is 11.7. The highest BCUT2D eigenvalue weighted by molar-refractivity contribution is 7.89. The third kappa shape index (κ3) is 5.38. The molecule has 2 N–H and O–H groups in total. The number of fused-ring (bicyclic) bond motifs is 1. The first-order valence-electron chi connectivity index (χ1n) is 10.1. The summed E-state index contributed by atoms with van der Waals surface area (Å²) in [6, 6.07) is 12.8. The number of halogens is 1. The lowest BCUT2D eigenvalue weighted by atomic mass is 10.1. The summed E-state index contributed by atoms with van der Waals surface area (Å²) in [5, 5.41) is 0.595. The Morgan fingerprint density at radius 3 is 2.73 bits per heavy atom. The van der Waals surface area contributed by atoms with E-state index in [0.717, 1.165) is 16.1 Å². The van der Waals surface area contributed by atoms with E-state index in [9.17, 15) is 13.2 Å². The van der Waals surface area contributed by atoms with Crippen LogP contribution >= 0.6 is 22.9 Å². The smallest absolute Gasteiger partial charge is 0.222 e. The number of primary amides is 1. The number of rotatable bonds is 8. The number of pyridine rings is 1. The van der Waals surface area contributed by atoms with E-state index < -0.39 is 15.7 Å². The molecule has 1 atom stereocenters. The number of nitrogens with zero attached hydrogens (tertiary/aromatic N) is 2. The van der Waals surface area contributed by atoms with E-state index >= 15 is 0 Å². The molecule has 4 rings (SSSR count). The molecular weight excluding hydrogens is 482 g/mol. The molecule has 3 heterocycles. The summed E-state index contributed by atoms with van der Waals surface area (Å²) in [5.74, 6) is 0.0115. The van der Waals surface area contributed by atoms with Crippen LogP contribution in [0.1, 0.15) is 29.0 Å². The van der Waals surface area contributed by atoms with Gasteiger partial charge in [-0.1, -0.05) is 35.9 Å². The quantitative estimate of drug-likeness (QED) is 0.383. The first-order chi connectivity index (χ1) is 15.6. The largest absolute Gasteiger partial charge is 0.485 e. The summed E-state index contributed by atoms with van der Waals surface area (Å²) in [6.45, 7) is 1.89. The number of hydrogen-bond donors (Lipinski definition) is 1. The average molecular weight is 504 g/mol. The molecule has 0 spiro atoms. The lowest BCUT2D eigenvalue weighted by Gasteiger charge is -2.16. The van der Waals surface area contributed by atoms with Gasteiger partial charge < -0.3 is 10.5 Å². The van der Waals surface area contributed by atoms with Crippen molar-refractivity contribution >= 4 is 44.3 Å². The fourth-order valence-electron chi connectivity index (χ4n) is 3.57. The van der Waals surface area contributed by atoms with E-state index in [-0.39, 0.29) is 18.3 Å². The number of ether oxygens (including phenoxy) is 1. The van der Waals surface area contributed by atoms with Crippen LogP contribution in [0.4, 0.5) is 0 Å². The second kappa shape index (κ2) is 9.17.